The third-order valence-corrected chi connectivity index (χ3v) is 5.67. The maximum Gasteiger partial charge on any atom is 0.317 e. The lowest BCUT2D eigenvalue weighted by atomic mass is 10.2. The predicted octanol–water partition coefficient (Wildman–Crippen LogP) is 2.64. The lowest BCUT2D eigenvalue weighted by Crippen LogP contribution is -2.34. The van der Waals surface area contributed by atoms with Crippen molar-refractivity contribution < 1.29 is 28.5 Å². The van der Waals surface area contributed by atoms with Gasteiger partial charge in [0.25, 0.3) is 16.7 Å². The van der Waals surface area contributed by atoms with Crippen LogP contribution in [0.5, 0.6) is 11.5 Å². The normalized spacial score (nSPS) is 16.0. The summed E-state index contributed by atoms with van der Waals surface area (Å²) < 4.78 is 17.5. The molecule has 2 heterocycles. The van der Waals surface area contributed by atoms with Crippen LogP contribution in [0, 0.1) is 5.21 Å². The number of fused-ring (bicyclic) bond motifs is 1. The van der Waals surface area contributed by atoms with Crippen LogP contribution in [0.15, 0.2) is 47.6 Å². The summed E-state index contributed by atoms with van der Waals surface area (Å²) in [5.41, 5.74) is 0.537. The highest BCUT2D eigenvalue weighted by molar-refractivity contribution is 7.99. The minimum atomic E-state index is -0.581. The number of anilines is 1. The largest absolute Gasteiger partial charge is 0.618 e. The van der Waals surface area contributed by atoms with Gasteiger partial charge in [-0.25, -0.2) is 0 Å². The van der Waals surface area contributed by atoms with Gasteiger partial charge in [-0.2, -0.15) is 4.73 Å². The fourth-order valence-corrected chi connectivity index (χ4v) is 4.04. The monoisotopic (exact) mass is 416 g/mol. The second-order valence-corrected chi connectivity index (χ2v) is 7.84. The van der Waals surface area contributed by atoms with Gasteiger partial charge in [0, 0.05) is 36.7 Å². The Morgan fingerprint density at radius 3 is 2.76 bits per heavy atom. The van der Waals surface area contributed by atoms with Crippen LogP contribution in [0.2, 0.25) is 0 Å². The maximum absolute atomic E-state index is 12.1. The Balaban J connectivity index is 1.24. The second kappa shape index (κ2) is 8.20. The van der Waals surface area contributed by atoms with Gasteiger partial charge in [0.2, 0.25) is 0 Å². The molecule has 1 N–H and O–H groups in total. The number of amides is 1. The van der Waals surface area contributed by atoms with E-state index in [0.717, 1.165) is 37.4 Å². The molecule has 0 atom stereocenters. The van der Waals surface area contributed by atoms with Gasteiger partial charge in [-0.1, -0.05) is 0 Å². The Labute approximate surface area is 171 Å². The number of ether oxygens (including phenoxy) is 3. The second-order valence-electron chi connectivity index (χ2n) is 6.85. The molecule has 9 heteroatoms. The number of nitrogens with zero attached hydrogens (tertiary/aromatic N) is 1. The van der Waals surface area contributed by atoms with E-state index in [-0.39, 0.29) is 5.75 Å². The van der Waals surface area contributed by atoms with Gasteiger partial charge >= 0.3 is 5.97 Å². The standard InChI is InChI=1S/C20H20N2O6S/c23-17(12-26-19(24)13-29-18-5-1-4-10-22(18)25)21-14-6-7-15-16(11-14)28-20(27-15)8-2-3-9-20/h1,4-7,10-11H,2-3,8-9,12-13H2,(H,21,23). The van der Waals surface area contributed by atoms with Crippen molar-refractivity contribution >= 4 is 29.3 Å². The van der Waals surface area contributed by atoms with E-state index in [0.29, 0.717) is 26.9 Å². The lowest BCUT2D eigenvalue weighted by molar-refractivity contribution is -0.645. The Kier molecular flexibility index (Phi) is 5.48. The van der Waals surface area contributed by atoms with E-state index in [2.05, 4.69) is 5.32 Å². The van der Waals surface area contributed by atoms with E-state index in [9.17, 15) is 14.8 Å². The van der Waals surface area contributed by atoms with Crippen molar-refractivity contribution in [3.05, 3.63) is 47.8 Å². The zero-order valence-corrected chi connectivity index (χ0v) is 16.4. The fraction of sp³-hybridized carbons (Fsp3) is 0.350. The minimum absolute atomic E-state index is 0.0638. The van der Waals surface area contributed by atoms with Crippen LogP contribution < -0.4 is 19.5 Å². The number of benzene rings is 1. The van der Waals surface area contributed by atoms with Crippen LogP contribution in [-0.4, -0.2) is 30.0 Å². The third kappa shape index (κ3) is 4.56. The van der Waals surface area contributed by atoms with Crippen molar-refractivity contribution in [3.8, 4) is 11.5 Å². The summed E-state index contributed by atoms with van der Waals surface area (Å²) in [5, 5.41) is 14.6. The highest BCUT2D eigenvalue weighted by Crippen LogP contribution is 2.47. The van der Waals surface area contributed by atoms with Gasteiger partial charge in [0.05, 0.1) is 0 Å². The molecule has 152 valence electrons. The first-order valence-corrected chi connectivity index (χ1v) is 10.3. The van der Waals surface area contributed by atoms with E-state index in [1.165, 1.54) is 6.20 Å². The molecule has 0 radical (unpaired) electrons. The van der Waals surface area contributed by atoms with Crippen LogP contribution in [0.4, 0.5) is 5.69 Å². The first-order valence-electron chi connectivity index (χ1n) is 9.32. The van der Waals surface area contributed by atoms with Gasteiger partial charge in [-0.3, -0.25) is 9.59 Å². The van der Waals surface area contributed by atoms with E-state index >= 15 is 0 Å². The quantitative estimate of drug-likeness (QED) is 0.334. The number of nitrogens with one attached hydrogen (secondary N) is 1. The van der Waals surface area contributed by atoms with Crippen molar-refractivity contribution in [2.45, 2.75) is 36.5 Å². The van der Waals surface area contributed by atoms with Crippen molar-refractivity contribution in [2.24, 2.45) is 0 Å². The number of carbonyl (C=O) groups is 2. The molecule has 1 aliphatic carbocycles. The molecule has 1 aromatic heterocycles. The molecule has 1 aliphatic heterocycles. The third-order valence-electron chi connectivity index (χ3n) is 4.68. The topological polar surface area (TPSA) is 101 Å². The molecule has 2 aliphatic rings. The predicted molar refractivity (Wildman–Crippen MR) is 105 cm³/mol. The molecule has 1 aromatic carbocycles. The molecule has 1 fully saturated rings. The van der Waals surface area contributed by atoms with E-state index in [1.807, 2.05) is 0 Å². The molecular weight excluding hydrogens is 396 g/mol. The summed E-state index contributed by atoms with van der Waals surface area (Å²) >= 11 is 1.05. The van der Waals surface area contributed by atoms with Crippen LogP contribution in [0.25, 0.3) is 0 Å². The minimum Gasteiger partial charge on any atom is -0.618 e. The van der Waals surface area contributed by atoms with Crippen molar-refractivity contribution in [2.75, 3.05) is 17.7 Å². The fourth-order valence-electron chi connectivity index (χ4n) is 3.33. The van der Waals surface area contributed by atoms with Crippen molar-refractivity contribution in [3.63, 3.8) is 0 Å². The van der Waals surface area contributed by atoms with Gasteiger partial charge in [-0.15, -0.1) is 0 Å². The highest BCUT2D eigenvalue weighted by atomic mass is 32.2. The van der Waals surface area contributed by atoms with E-state index in [1.54, 1.807) is 36.4 Å². The van der Waals surface area contributed by atoms with Crippen LogP contribution in [-0.2, 0) is 14.3 Å². The maximum atomic E-state index is 12.1. The number of hydrogen-bond donors (Lipinski definition) is 1. The number of esters is 1. The Bertz CT molecular complexity index is 929. The first kappa shape index (κ1) is 19.4. The molecule has 8 nitrogen and oxygen atoms in total. The zero-order valence-electron chi connectivity index (χ0n) is 15.6. The van der Waals surface area contributed by atoms with Gasteiger partial charge in [-0.05, 0) is 42.8 Å². The van der Waals surface area contributed by atoms with Crippen LogP contribution in [0.3, 0.4) is 0 Å². The Morgan fingerprint density at radius 2 is 1.97 bits per heavy atom. The number of rotatable bonds is 6. The summed E-state index contributed by atoms with van der Waals surface area (Å²) in [6.45, 7) is -0.413. The summed E-state index contributed by atoms with van der Waals surface area (Å²) in [6, 6.07) is 10.1. The number of hydrogen-bond acceptors (Lipinski definition) is 7. The molecule has 0 saturated heterocycles. The molecule has 0 bridgehead atoms. The highest BCUT2D eigenvalue weighted by Gasteiger charge is 2.44. The zero-order chi connectivity index (χ0) is 20.3. The Morgan fingerprint density at radius 1 is 1.17 bits per heavy atom. The molecule has 4 rings (SSSR count). The number of carbonyl (C=O) groups excluding carboxylic acids is 2. The van der Waals surface area contributed by atoms with Crippen molar-refractivity contribution in [1.29, 1.82) is 0 Å². The number of aromatic nitrogens is 1. The number of pyridine rings is 1. The summed E-state index contributed by atoms with van der Waals surface area (Å²) in [6.07, 6.45) is 5.20. The van der Waals surface area contributed by atoms with E-state index < -0.39 is 24.3 Å². The van der Waals surface area contributed by atoms with E-state index in [4.69, 9.17) is 14.2 Å². The summed E-state index contributed by atoms with van der Waals surface area (Å²) in [4.78, 5) is 23.9. The molecule has 1 saturated carbocycles. The molecular formula is C20H20N2O6S. The molecule has 2 aromatic rings. The summed E-state index contributed by atoms with van der Waals surface area (Å²) in [7, 11) is 0. The van der Waals surface area contributed by atoms with Gasteiger partial charge in [0.1, 0.15) is 5.75 Å². The smallest absolute Gasteiger partial charge is 0.317 e. The first-order chi connectivity index (χ1) is 14.0. The van der Waals surface area contributed by atoms with Crippen molar-refractivity contribution in [1.82, 2.24) is 0 Å². The molecule has 1 spiro atoms. The summed E-state index contributed by atoms with van der Waals surface area (Å²) in [5.74, 6) is -0.388. The average Bonchev–Trinajstić information content (AvgIpc) is 3.31. The molecule has 0 unspecified atom stereocenters. The lowest BCUT2D eigenvalue weighted by Gasteiger charge is -2.21. The molecule has 29 heavy (non-hydrogen) atoms. The van der Waals surface area contributed by atoms with Gasteiger partial charge < -0.3 is 24.7 Å². The van der Waals surface area contributed by atoms with Gasteiger partial charge in [0.15, 0.2) is 24.3 Å². The van der Waals surface area contributed by atoms with Crippen LogP contribution in [0.1, 0.15) is 25.7 Å². The number of thioether (sulfide) groups is 1. The molecule has 1 amide bonds. The Hall–Kier alpha value is -2.94. The SMILES string of the molecule is O=C(COC(=O)CSc1cccc[n+]1[O-])Nc1ccc2c(c1)OC1(CCCC1)O2. The van der Waals surface area contributed by atoms with Crippen LogP contribution >= 0.6 is 11.8 Å². The average molecular weight is 416 g/mol.